The second kappa shape index (κ2) is 8.45. The van der Waals surface area contributed by atoms with Crippen LogP contribution >= 0.6 is 12.6 Å². The first kappa shape index (κ1) is 15.3. The summed E-state index contributed by atoms with van der Waals surface area (Å²) < 4.78 is 0. The molecule has 2 nitrogen and oxygen atoms in total. The van der Waals surface area contributed by atoms with E-state index in [1.165, 1.54) is 11.1 Å². The molecule has 0 spiro atoms. The van der Waals surface area contributed by atoms with Crippen molar-refractivity contribution in [2.45, 2.75) is 40.0 Å². The van der Waals surface area contributed by atoms with Crippen molar-refractivity contribution in [2.75, 3.05) is 5.75 Å². The molecule has 0 N–H and O–H groups in total. The molecule has 0 aromatic rings. The zero-order valence-electron chi connectivity index (χ0n) is 10.3. The van der Waals surface area contributed by atoms with E-state index in [0.29, 0.717) is 12.2 Å². The van der Waals surface area contributed by atoms with Gasteiger partial charge in [0.05, 0.1) is 0 Å². The minimum atomic E-state index is -1.01. The van der Waals surface area contributed by atoms with Crippen molar-refractivity contribution in [1.82, 2.24) is 0 Å². The number of carboxylic acids is 1. The summed E-state index contributed by atoms with van der Waals surface area (Å²) in [5, 5.41) is 10.6. The predicted molar refractivity (Wildman–Crippen MR) is 69.4 cm³/mol. The van der Waals surface area contributed by atoms with Gasteiger partial charge in [-0.1, -0.05) is 23.3 Å². The van der Waals surface area contributed by atoms with Crippen molar-refractivity contribution in [3.8, 4) is 0 Å². The lowest BCUT2D eigenvalue weighted by molar-refractivity contribution is -0.310. The zero-order valence-corrected chi connectivity index (χ0v) is 11.2. The Kier molecular flexibility index (Phi) is 8.08. The van der Waals surface area contributed by atoms with E-state index < -0.39 is 11.9 Å². The molecule has 0 heterocycles. The molecule has 0 rings (SSSR count). The van der Waals surface area contributed by atoms with Crippen LogP contribution in [-0.4, -0.2) is 11.7 Å². The average Bonchev–Trinajstić information content (AvgIpc) is 2.17. The Balaban J connectivity index is 4.03. The molecular formula is C13H21O2S-. The Hall–Kier alpha value is -0.700. The van der Waals surface area contributed by atoms with Crippen molar-refractivity contribution < 1.29 is 9.90 Å². The molecule has 1 atom stereocenters. The fourth-order valence-electron chi connectivity index (χ4n) is 1.28. The third-order valence-electron chi connectivity index (χ3n) is 2.40. The number of rotatable bonds is 7. The van der Waals surface area contributed by atoms with Crippen LogP contribution in [0.2, 0.25) is 0 Å². The largest absolute Gasteiger partial charge is 0.550 e. The van der Waals surface area contributed by atoms with E-state index in [1.807, 2.05) is 13.0 Å². The molecule has 0 saturated heterocycles. The molecule has 0 radical (unpaired) electrons. The maximum Gasteiger partial charge on any atom is 0.0456 e. The van der Waals surface area contributed by atoms with E-state index in [1.54, 1.807) is 0 Å². The van der Waals surface area contributed by atoms with Crippen LogP contribution < -0.4 is 5.11 Å². The number of aliphatic carboxylic acids is 1. The van der Waals surface area contributed by atoms with Gasteiger partial charge in [-0.2, -0.15) is 12.6 Å². The number of carbonyl (C=O) groups is 1. The highest BCUT2D eigenvalue weighted by Crippen LogP contribution is 2.12. The van der Waals surface area contributed by atoms with Gasteiger partial charge in [0.1, 0.15) is 0 Å². The number of hydrogen-bond acceptors (Lipinski definition) is 3. The fourth-order valence-corrected chi connectivity index (χ4v) is 1.58. The normalized spacial score (nSPS) is 13.4. The number of thiol groups is 1. The Morgan fingerprint density at radius 2 is 1.94 bits per heavy atom. The number of allylic oxidation sites excluding steroid dienone is 4. The van der Waals surface area contributed by atoms with Crippen LogP contribution in [0, 0.1) is 5.92 Å². The van der Waals surface area contributed by atoms with Gasteiger partial charge in [0, 0.05) is 11.9 Å². The first-order valence-electron chi connectivity index (χ1n) is 5.58. The Bertz CT molecular complexity index is 276. The summed E-state index contributed by atoms with van der Waals surface area (Å²) in [6.45, 7) is 6.18. The molecule has 0 bridgehead atoms. The molecule has 0 amide bonds. The smallest absolute Gasteiger partial charge is 0.0456 e. The van der Waals surface area contributed by atoms with Crippen molar-refractivity contribution in [1.29, 1.82) is 0 Å². The van der Waals surface area contributed by atoms with E-state index in [0.717, 1.165) is 12.8 Å². The van der Waals surface area contributed by atoms with Gasteiger partial charge in [-0.3, -0.25) is 0 Å². The summed E-state index contributed by atoms with van der Waals surface area (Å²) >= 11 is 4.00. The number of carbonyl (C=O) groups excluding carboxylic acids is 1. The Labute approximate surface area is 104 Å². The van der Waals surface area contributed by atoms with Crippen molar-refractivity contribution in [2.24, 2.45) is 5.92 Å². The molecule has 0 aliphatic carbocycles. The van der Waals surface area contributed by atoms with Gasteiger partial charge in [-0.05, 0) is 45.8 Å². The molecule has 1 unspecified atom stereocenters. The SMILES string of the molecule is CC(C)=CCC/C(C)=C/CC(CS)C(=O)[O-]. The Morgan fingerprint density at radius 1 is 1.31 bits per heavy atom. The monoisotopic (exact) mass is 241 g/mol. The van der Waals surface area contributed by atoms with E-state index in [9.17, 15) is 9.90 Å². The highest BCUT2D eigenvalue weighted by Gasteiger charge is 2.05. The van der Waals surface area contributed by atoms with E-state index in [-0.39, 0.29) is 0 Å². The lowest BCUT2D eigenvalue weighted by Crippen LogP contribution is -2.32. The molecule has 0 aromatic heterocycles. The Morgan fingerprint density at radius 3 is 2.38 bits per heavy atom. The topological polar surface area (TPSA) is 40.1 Å². The van der Waals surface area contributed by atoms with Crippen molar-refractivity contribution >= 4 is 18.6 Å². The molecule has 3 heteroatoms. The third kappa shape index (κ3) is 7.57. The van der Waals surface area contributed by atoms with Gasteiger partial charge in [-0.25, -0.2) is 0 Å². The lowest BCUT2D eigenvalue weighted by Gasteiger charge is -2.13. The summed E-state index contributed by atoms with van der Waals surface area (Å²) in [5.74, 6) is -1.15. The van der Waals surface area contributed by atoms with Gasteiger partial charge in [0.2, 0.25) is 0 Å². The minimum Gasteiger partial charge on any atom is -0.550 e. The van der Waals surface area contributed by atoms with E-state index in [4.69, 9.17) is 0 Å². The van der Waals surface area contributed by atoms with E-state index in [2.05, 4.69) is 32.6 Å². The maximum absolute atomic E-state index is 10.6. The molecule has 16 heavy (non-hydrogen) atoms. The first-order chi connectivity index (χ1) is 7.47. The van der Waals surface area contributed by atoms with Crippen LogP contribution in [0.15, 0.2) is 23.3 Å². The quantitative estimate of drug-likeness (QED) is 0.549. The number of hydrogen-bond donors (Lipinski definition) is 1. The minimum absolute atomic E-state index is 0.333. The van der Waals surface area contributed by atoms with Crippen LogP contribution in [0.25, 0.3) is 0 Å². The van der Waals surface area contributed by atoms with Crippen LogP contribution in [0.4, 0.5) is 0 Å². The molecule has 0 aliphatic heterocycles. The van der Waals surface area contributed by atoms with Crippen LogP contribution in [0.5, 0.6) is 0 Å². The van der Waals surface area contributed by atoms with E-state index >= 15 is 0 Å². The van der Waals surface area contributed by atoms with Crippen molar-refractivity contribution in [3.05, 3.63) is 23.3 Å². The molecule has 92 valence electrons. The van der Waals surface area contributed by atoms with Crippen LogP contribution in [-0.2, 0) is 4.79 Å². The van der Waals surface area contributed by atoms with Gasteiger partial charge in [-0.15, -0.1) is 0 Å². The summed E-state index contributed by atoms with van der Waals surface area (Å²) in [7, 11) is 0. The summed E-state index contributed by atoms with van der Waals surface area (Å²) in [6, 6.07) is 0. The summed E-state index contributed by atoms with van der Waals surface area (Å²) in [5.41, 5.74) is 2.54. The first-order valence-corrected chi connectivity index (χ1v) is 6.21. The fraction of sp³-hybridized carbons (Fsp3) is 0.615. The average molecular weight is 241 g/mol. The zero-order chi connectivity index (χ0) is 12.6. The van der Waals surface area contributed by atoms with Crippen molar-refractivity contribution in [3.63, 3.8) is 0 Å². The highest BCUT2D eigenvalue weighted by molar-refractivity contribution is 7.80. The van der Waals surface area contributed by atoms with Crippen LogP contribution in [0.1, 0.15) is 40.0 Å². The van der Waals surface area contributed by atoms with Gasteiger partial charge in [0.15, 0.2) is 0 Å². The maximum atomic E-state index is 10.6. The molecule has 0 fully saturated rings. The standard InChI is InChI=1S/C13H22O2S/c1-10(2)5-4-6-11(3)7-8-12(9-16)13(14)15/h5,7,12,16H,4,6,8-9H2,1-3H3,(H,14,15)/p-1/b11-7+. The van der Waals surface area contributed by atoms with Gasteiger partial charge in [0.25, 0.3) is 0 Å². The molecule has 0 saturated carbocycles. The van der Waals surface area contributed by atoms with Crippen LogP contribution in [0.3, 0.4) is 0 Å². The predicted octanol–water partition coefficient (Wildman–Crippen LogP) is 2.37. The van der Waals surface area contributed by atoms with Gasteiger partial charge >= 0.3 is 0 Å². The third-order valence-corrected chi connectivity index (χ3v) is 2.84. The second-order valence-electron chi connectivity index (χ2n) is 4.30. The second-order valence-corrected chi connectivity index (χ2v) is 4.67. The summed E-state index contributed by atoms with van der Waals surface area (Å²) in [4.78, 5) is 10.6. The highest BCUT2D eigenvalue weighted by atomic mass is 32.1. The molecular weight excluding hydrogens is 220 g/mol. The van der Waals surface area contributed by atoms with Gasteiger partial charge < -0.3 is 9.90 Å². The lowest BCUT2D eigenvalue weighted by atomic mass is 10.0. The molecule has 0 aromatic carbocycles. The summed E-state index contributed by atoms with van der Waals surface area (Å²) in [6.07, 6.45) is 6.69. The number of carboxylic acid groups (broad SMARTS) is 1. The molecule has 0 aliphatic rings.